The first kappa shape index (κ1) is 24.2. The molecular weight excluding hydrogens is 476 g/mol. The number of carbonyl (C=O) groups is 2. The van der Waals surface area contributed by atoms with Gasteiger partial charge < -0.3 is 9.80 Å². The van der Waals surface area contributed by atoms with Crippen LogP contribution in [0.3, 0.4) is 0 Å². The van der Waals surface area contributed by atoms with Gasteiger partial charge in [-0.05, 0) is 49.7 Å². The zero-order valence-corrected chi connectivity index (χ0v) is 20.5. The Kier molecular flexibility index (Phi) is 6.67. The summed E-state index contributed by atoms with van der Waals surface area (Å²) in [5.41, 5.74) is 1.05. The predicted octanol–water partition coefficient (Wildman–Crippen LogP) is 2.62. The van der Waals surface area contributed by atoms with Crippen LogP contribution in [0.25, 0.3) is 0 Å². The molecule has 2 amide bonds. The summed E-state index contributed by atoms with van der Waals surface area (Å²) in [6, 6.07) is 13.8. The normalized spacial score (nSPS) is 21.5. The van der Waals surface area contributed by atoms with E-state index in [1.54, 1.807) is 29.2 Å². The molecule has 34 heavy (non-hydrogen) atoms. The molecule has 0 spiro atoms. The Morgan fingerprint density at radius 2 is 1.85 bits per heavy atom. The van der Waals surface area contributed by atoms with Crippen LogP contribution in [0, 0.1) is 11.3 Å². The first-order chi connectivity index (χ1) is 16.1. The van der Waals surface area contributed by atoms with Gasteiger partial charge in [0.05, 0.1) is 23.1 Å². The Labute approximate surface area is 204 Å². The van der Waals surface area contributed by atoms with E-state index in [0.29, 0.717) is 5.02 Å². The molecule has 0 aromatic heterocycles. The number of piperazine rings is 1. The minimum atomic E-state index is -4.02. The number of rotatable bonds is 5. The number of fused-ring (bicyclic) bond motifs is 1. The van der Waals surface area contributed by atoms with Crippen molar-refractivity contribution in [2.24, 2.45) is 0 Å². The molecule has 10 heteroatoms. The van der Waals surface area contributed by atoms with Gasteiger partial charge in [-0.3, -0.25) is 9.59 Å². The van der Waals surface area contributed by atoms with Gasteiger partial charge in [0, 0.05) is 30.5 Å². The maximum Gasteiger partial charge on any atom is 0.246 e. The molecule has 0 radical (unpaired) electrons. The summed E-state index contributed by atoms with van der Waals surface area (Å²) >= 11 is 6.00. The highest BCUT2D eigenvalue weighted by Gasteiger charge is 2.51. The van der Waals surface area contributed by atoms with Gasteiger partial charge in [-0.25, -0.2) is 8.42 Å². The molecule has 0 N–H and O–H groups in total. The monoisotopic (exact) mass is 500 g/mol. The number of nitrogens with zero attached hydrogens (tertiary/aromatic N) is 4. The highest BCUT2D eigenvalue weighted by Crippen LogP contribution is 2.32. The van der Waals surface area contributed by atoms with Crippen LogP contribution in [0.1, 0.15) is 31.4 Å². The Morgan fingerprint density at radius 1 is 1.15 bits per heavy atom. The van der Waals surface area contributed by atoms with E-state index in [4.69, 9.17) is 11.6 Å². The lowest BCUT2D eigenvalue weighted by molar-refractivity contribution is -0.166. The average Bonchev–Trinajstić information content (AvgIpc) is 2.81. The van der Waals surface area contributed by atoms with Crippen LogP contribution in [0.5, 0.6) is 0 Å². The average molecular weight is 501 g/mol. The van der Waals surface area contributed by atoms with Gasteiger partial charge in [0.1, 0.15) is 12.2 Å². The summed E-state index contributed by atoms with van der Waals surface area (Å²) in [6.45, 7) is 3.82. The van der Waals surface area contributed by atoms with Crippen molar-refractivity contribution in [3.63, 3.8) is 0 Å². The molecule has 2 aliphatic rings. The predicted molar refractivity (Wildman–Crippen MR) is 126 cm³/mol. The van der Waals surface area contributed by atoms with E-state index in [9.17, 15) is 23.3 Å². The fourth-order valence-electron chi connectivity index (χ4n) is 4.56. The third kappa shape index (κ3) is 4.41. The SMILES string of the molecule is CC(C)N1CC2N(C(=O)CCN2S(=O)(=O)c2cccc(C#N)c2)C(Cc2ccc(Cl)cc2)C1=O. The van der Waals surface area contributed by atoms with Gasteiger partial charge in [0.15, 0.2) is 0 Å². The van der Waals surface area contributed by atoms with Crippen LogP contribution >= 0.6 is 11.6 Å². The van der Waals surface area contributed by atoms with E-state index in [1.165, 1.54) is 33.5 Å². The van der Waals surface area contributed by atoms with Crippen LogP contribution in [-0.2, 0) is 26.0 Å². The zero-order chi connectivity index (χ0) is 24.6. The number of sulfonamides is 1. The molecule has 4 rings (SSSR count). The molecule has 0 bridgehead atoms. The highest BCUT2D eigenvalue weighted by atomic mass is 35.5. The molecule has 2 atom stereocenters. The first-order valence-corrected chi connectivity index (χ1v) is 12.8. The molecule has 2 saturated heterocycles. The minimum Gasteiger partial charge on any atom is -0.335 e. The zero-order valence-electron chi connectivity index (χ0n) is 18.9. The summed E-state index contributed by atoms with van der Waals surface area (Å²) in [4.78, 5) is 29.6. The Morgan fingerprint density at radius 3 is 2.50 bits per heavy atom. The Balaban J connectivity index is 1.75. The highest BCUT2D eigenvalue weighted by molar-refractivity contribution is 7.89. The summed E-state index contributed by atoms with van der Waals surface area (Å²) in [6.07, 6.45) is -0.617. The fourth-order valence-corrected chi connectivity index (χ4v) is 6.31. The van der Waals surface area contributed by atoms with Crippen LogP contribution in [-0.4, -0.2) is 65.7 Å². The van der Waals surface area contributed by atoms with Crippen molar-refractivity contribution < 1.29 is 18.0 Å². The van der Waals surface area contributed by atoms with Crippen molar-refractivity contribution in [3.8, 4) is 6.07 Å². The maximum atomic E-state index is 13.6. The van der Waals surface area contributed by atoms with E-state index >= 15 is 0 Å². The molecule has 178 valence electrons. The number of carbonyl (C=O) groups excluding carboxylic acids is 2. The summed E-state index contributed by atoms with van der Waals surface area (Å²) in [5.74, 6) is -0.460. The molecule has 8 nitrogen and oxygen atoms in total. The molecular formula is C24H25ClN4O4S. The largest absolute Gasteiger partial charge is 0.335 e. The van der Waals surface area contributed by atoms with E-state index in [1.807, 2.05) is 19.9 Å². The van der Waals surface area contributed by atoms with Crippen LogP contribution in [0.4, 0.5) is 0 Å². The van der Waals surface area contributed by atoms with Gasteiger partial charge >= 0.3 is 0 Å². The van der Waals surface area contributed by atoms with Crippen LogP contribution < -0.4 is 0 Å². The molecule has 2 fully saturated rings. The van der Waals surface area contributed by atoms with Gasteiger partial charge in [-0.2, -0.15) is 9.57 Å². The van der Waals surface area contributed by atoms with Crippen molar-refractivity contribution >= 4 is 33.4 Å². The third-order valence-electron chi connectivity index (χ3n) is 6.29. The number of halogens is 1. The van der Waals surface area contributed by atoms with Crippen LogP contribution in [0.2, 0.25) is 5.02 Å². The maximum absolute atomic E-state index is 13.6. The molecule has 2 unspecified atom stereocenters. The number of benzene rings is 2. The van der Waals surface area contributed by atoms with E-state index < -0.39 is 22.2 Å². The first-order valence-electron chi connectivity index (χ1n) is 11.0. The second-order valence-electron chi connectivity index (χ2n) is 8.72. The van der Waals surface area contributed by atoms with Crippen molar-refractivity contribution in [2.75, 3.05) is 13.1 Å². The van der Waals surface area contributed by atoms with Gasteiger partial charge in [0.2, 0.25) is 21.8 Å². The number of nitriles is 1. The fraction of sp³-hybridized carbons (Fsp3) is 0.375. The molecule has 0 aliphatic carbocycles. The van der Waals surface area contributed by atoms with Crippen molar-refractivity contribution in [3.05, 3.63) is 64.7 Å². The van der Waals surface area contributed by atoms with Gasteiger partial charge in [-0.15, -0.1) is 0 Å². The summed E-state index contributed by atoms with van der Waals surface area (Å²) in [7, 11) is -4.02. The number of amides is 2. The topological polar surface area (TPSA) is 102 Å². The number of hydrogen-bond donors (Lipinski definition) is 0. The lowest BCUT2D eigenvalue weighted by Gasteiger charge is -2.52. The third-order valence-corrected chi connectivity index (χ3v) is 8.43. The minimum absolute atomic E-state index is 0.00685. The standard InChI is InChI=1S/C24H25ClN4O4S/c1-16(2)27-15-22-28(34(32,33)20-5-3-4-18(12-20)14-26)11-10-23(30)29(22)21(24(27)31)13-17-6-8-19(25)9-7-17/h3-9,12,16,21-22H,10-11,13,15H2,1-2H3. The van der Waals surface area contributed by atoms with Crippen molar-refractivity contribution in [2.45, 2.75) is 49.8 Å². The quantitative estimate of drug-likeness (QED) is 0.628. The second-order valence-corrected chi connectivity index (χ2v) is 11.0. The van der Waals surface area contributed by atoms with E-state index in [2.05, 4.69) is 0 Å². The number of hydrogen-bond acceptors (Lipinski definition) is 5. The molecule has 2 aromatic carbocycles. The lowest BCUT2D eigenvalue weighted by atomic mass is 9.97. The second kappa shape index (κ2) is 9.37. The molecule has 2 heterocycles. The summed E-state index contributed by atoms with van der Waals surface area (Å²) in [5, 5.41) is 9.77. The Bertz CT molecular complexity index is 1260. The summed E-state index contributed by atoms with van der Waals surface area (Å²) < 4.78 is 28.6. The smallest absolute Gasteiger partial charge is 0.246 e. The van der Waals surface area contributed by atoms with E-state index in [-0.39, 0.29) is 54.2 Å². The van der Waals surface area contributed by atoms with E-state index in [0.717, 1.165) is 5.56 Å². The van der Waals surface area contributed by atoms with Crippen molar-refractivity contribution in [1.82, 2.24) is 14.1 Å². The molecule has 2 aliphatic heterocycles. The lowest BCUT2D eigenvalue weighted by Crippen LogP contribution is -2.72. The molecule has 0 saturated carbocycles. The van der Waals surface area contributed by atoms with Crippen LogP contribution in [0.15, 0.2) is 53.4 Å². The van der Waals surface area contributed by atoms with Crippen molar-refractivity contribution in [1.29, 1.82) is 5.26 Å². The van der Waals surface area contributed by atoms with Gasteiger partial charge in [0.25, 0.3) is 0 Å². The molecule has 2 aromatic rings. The van der Waals surface area contributed by atoms with Gasteiger partial charge in [-0.1, -0.05) is 29.8 Å². The Hall–Kier alpha value is -2.93.